The standard InChI is InChI=1S/C29H31N3O4.ClH/c1-2-36-27-14-23-22(18-32(29(23)35)17-19-8-4-3-5-9-19)12-24(27)28(34)31-16-26(33)25-13-20-10-6-7-11-21(20)15-30-25;/h3-12,14,25-26,30,33H,2,13,15-18H2,1H3,(H,31,34);1H/t25-,26+;/m0./s1. The van der Waals surface area contributed by atoms with Gasteiger partial charge in [-0.15, -0.1) is 12.4 Å². The van der Waals surface area contributed by atoms with Gasteiger partial charge in [-0.05, 0) is 47.7 Å². The number of halogens is 1. The summed E-state index contributed by atoms with van der Waals surface area (Å²) in [6.45, 7) is 3.95. The third-order valence-electron chi connectivity index (χ3n) is 6.89. The van der Waals surface area contributed by atoms with E-state index < -0.39 is 6.10 Å². The van der Waals surface area contributed by atoms with Crippen LogP contribution in [0.3, 0.4) is 0 Å². The fraction of sp³-hybridized carbons (Fsp3) is 0.310. The first-order chi connectivity index (χ1) is 17.5. The lowest BCUT2D eigenvalue weighted by molar-refractivity contribution is 0.0766. The third kappa shape index (κ3) is 5.80. The van der Waals surface area contributed by atoms with Crippen LogP contribution < -0.4 is 15.4 Å². The fourth-order valence-electron chi connectivity index (χ4n) is 4.97. The maximum atomic E-state index is 13.2. The van der Waals surface area contributed by atoms with Crippen LogP contribution in [0.2, 0.25) is 0 Å². The van der Waals surface area contributed by atoms with Gasteiger partial charge in [0.05, 0.1) is 18.3 Å². The summed E-state index contributed by atoms with van der Waals surface area (Å²) >= 11 is 0. The summed E-state index contributed by atoms with van der Waals surface area (Å²) in [5.74, 6) is -0.0193. The van der Waals surface area contributed by atoms with E-state index in [1.165, 1.54) is 11.1 Å². The lowest BCUT2D eigenvalue weighted by Gasteiger charge is -2.30. The van der Waals surface area contributed by atoms with Gasteiger partial charge in [-0.25, -0.2) is 0 Å². The zero-order valence-corrected chi connectivity index (χ0v) is 21.6. The molecular weight excluding hydrogens is 490 g/mol. The molecule has 0 bridgehead atoms. The smallest absolute Gasteiger partial charge is 0.255 e. The second-order valence-corrected chi connectivity index (χ2v) is 9.32. The summed E-state index contributed by atoms with van der Waals surface area (Å²) in [6, 6.07) is 21.3. The topological polar surface area (TPSA) is 90.9 Å². The summed E-state index contributed by atoms with van der Waals surface area (Å²) in [4.78, 5) is 28.0. The summed E-state index contributed by atoms with van der Waals surface area (Å²) < 4.78 is 5.74. The molecule has 0 saturated heterocycles. The molecule has 5 rings (SSSR count). The highest BCUT2D eigenvalue weighted by atomic mass is 35.5. The number of carbonyl (C=O) groups is 2. The number of benzene rings is 3. The van der Waals surface area contributed by atoms with Gasteiger partial charge in [0.15, 0.2) is 0 Å². The Morgan fingerprint density at radius 2 is 1.84 bits per heavy atom. The van der Waals surface area contributed by atoms with E-state index in [9.17, 15) is 14.7 Å². The van der Waals surface area contributed by atoms with E-state index in [1.807, 2.05) is 49.4 Å². The van der Waals surface area contributed by atoms with Crippen molar-refractivity contribution < 1.29 is 19.4 Å². The molecule has 2 aliphatic rings. The molecule has 0 unspecified atom stereocenters. The molecule has 37 heavy (non-hydrogen) atoms. The zero-order chi connectivity index (χ0) is 25.1. The number of hydrogen-bond donors (Lipinski definition) is 3. The number of carbonyl (C=O) groups excluding carboxylic acids is 2. The molecule has 0 aliphatic carbocycles. The van der Waals surface area contributed by atoms with Crippen LogP contribution in [0.25, 0.3) is 0 Å². The summed E-state index contributed by atoms with van der Waals surface area (Å²) in [5, 5.41) is 17.0. The summed E-state index contributed by atoms with van der Waals surface area (Å²) in [7, 11) is 0. The van der Waals surface area contributed by atoms with Gasteiger partial charge in [-0.2, -0.15) is 0 Å². The van der Waals surface area contributed by atoms with E-state index in [0.717, 1.165) is 11.1 Å². The van der Waals surface area contributed by atoms with Crippen molar-refractivity contribution >= 4 is 24.2 Å². The number of nitrogens with zero attached hydrogens (tertiary/aromatic N) is 1. The molecule has 0 saturated carbocycles. The van der Waals surface area contributed by atoms with Crippen LogP contribution in [0, 0.1) is 0 Å². The first-order valence-corrected chi connectivity index (χ1v) is 12.4. The average Bonchev–Trinajstić information content (AvgIpc) is 3.21. The maximum Gasteiger partial charge on any atom is 0.255 e. The third-order valence-corrected chi connectivity index (χ3v) is 6.89. The molecule has 2 aliphatic heterocycles. The Kier molecular flexibility index (Phi) is 8.48. The minimum atomic E-state index is -0.741. The van der Waals surface area contributed by atoms with Crippen LogP contribution in [0.4, 0.5) is 0 Å². The van der Waals surface area contributed by atoms with Gasteiger partial charge in [0.25, 0.3) is 11.8 Å². The molecule has 8 heteroatoms. The van der Waals surface area contributed by atoms with Gasteiger partial charge < -0.3 is 25.4 Å². The number of aliphatic hydroxyl groups excluding tert-OH is 1. The molecule has 0 aromatic heterocycles. The molecule has 0 fully saturated rings. The Bertz CT molecular complexity index is 1270. The van der Waals surface area contributed by atoms with Crippen LogP contribution in [0.15, 0.2) is 66.7 Å². The second-order valence-electron chi connectivity index (χ2n) is 9.32. The molecule has 3 N–H and O–H groups in total. The number of fused-ring (bicyclic) bond motifs is 2. The van der Waals surface area contributed by atoms with E-state index >= 15 is 0 Å². The summed E-state index contributed by atoms with van der Waals surface area (Å²) in [5.41, 5.74) is 5.24. The van der Waals surface area contributed by atoms with Crippen molar-refractivity contribution in [2.45, 2.75) is 45.1 Å². The van der Waals surface area contributed by atoms with E-state index in [0.29, 0.717) is 49.5 Å². The van der Waals surface area contributed by atoms with Crippen LogP contribution in [-0.4, -0.2) is 47.1 Å². The molecule has 3 aromatic carbocycles. The maximum absolute atomic E-state index is 13.2. The normalized spacial score (nSPS) is 16.9. The largest absolute Gasteiger partial charge is 0.493 e. The van der Waals surface area contributed by atoms with Crippen molar-refractivity contribution in [1.82, 2.24) is 15.5 Å². The van der Waals surface area contributed by atoms with Crippen molar-refractivity contribution in [2.75, 3.05) is 13.2 Å². The molecule has 0 radical (unpaired) electrons. The quantitative estimate of drug-likeness (QED) is 0.422. The van der Waals surface area contributed by atoms with Crippen LogP contribution in [0.5, 0.6) is 5.75 Å². The minimum absolute atomic E-state index is 0. The number of aliphatic hydroxyl groups is 1. The van der Waals surface area contributed by atoms with Crippen LogP contribution >= 0.6 is 12.4 Å². The molecule has 2 amide bonds. The average molecular weight is 522 g/mol. The van der Waals surface area contributed by atoms with Crippen molar-refractivity contribution in [2.24, 2.45) is 0 Å². The predicted molar refractivity (Wildman–Crippen MR) is 144 cm³/mol. The van der Waals surface area contributed by atoms with E-state index in [4.69, 9.17) is 4.74 Å². The number of rotatable bonds is 8. The lowest BCUT2D eigenvalue weighted by atomic mass is 9.93. The van der Waals surface area contributed by atoms with Gasteiger partial charge in [-0.3, -0.25) is 9.59 Å². The molecule has 194 valence electrons. The molecule has 7 nitrogen and oxygen atoms in total. The van der Waals surface area contributed by atoms with Gasteiger partial charge in [0.2, 0.25) is 0 Å². The lowest BCUT2D eigenvalue weighted by Crippen LogP contribution is -2.49. The first-order valence-electron chi connectivity index (χ1n) is 12.4. The molecule has 2 atom stereocenters. The number of hydrogen-bond acceptors (Lipinski definition) is 5. The Morgan fingerprint density at radius 3 is 2.59 bits per heavy atom. The van der Waals surface area contributed by atoms with Crippen LogP contribution in [-0.2, 0) is 26.1 Å². The van der Waals surface area contributed by atoms with E-state index in [1.54, 1.807) is 17.0 Å². The van der Waals surface area contributed by atoms with Gasteiger partial charge in [-0.1, -0.05) is 54.6 Å². The number of nitrogens with one attached hydrogen (secondary N) is 2. The number of amides is 2. The molecule has 2 heterocycles. The van der Waals surface area contributed by atoms with Gasteiger partial charge in [0, 0.05) is 37.8 Å². The molecule has 3 aromatic rings. The van der Waals surface area contributed by atoms with Crippen molar-refractivity contribution in [3.05, 3.63) is 100 Å². The highest BCUT2D eigenvalue weighted by Crippen LogP contribution is 2.31. The van der Waals surface area contributed by atoms with E-state index in [-0.39, 0.29) is 36.8 Å². The Morgan fingerprint density at radius 1 is 1.11 bits per heavy atom. The van der Waals surface area contributed by atoms with E-state index in [2.05, 4.69) is 22.8 Å². The van der Waals surface area contributed by atoms with Crippen molar-refractivity contribution in [3.8, 4) is 5.75 Å². The van der Waals surface area contributed by atoms with Crippen LogP contribution in [0.1, 0.15) is 49.9 Å². The molecule has 0 spiro atoms. The number of ether oxygens (including phenoxy) is 1. The predicted octanol–water partition coefficient (Wildman–Crippen LogP) is 3.47. The Hall–Kier alpha value is -3.39. The zero-order valence-electron chi connectivity index (χ0n) is 20.8. The highest BCUT2D eigenvalue weighted by Gasteiger charge is 2.31. The fourth-order valence-corrected chi connectivity index (χ4v) is 4.97. The Labute approximate surface area is 223 Å². The molecular formula is C29H32ClN3O4. The monoisotopic (exact) mass is 521 g/mol. The second kappa shape index (κ2) is 11.8. The first kappa shape index (κ1) is 26.7. The Balaban J connectivity index is 0.00000320. The SMILES string of the molecule is CCOc1cc2c(cc1C(=O)NC[C@@H](O)[C@@H]1Cc3ccccc3CN1)CN(Cc1ccccc1)C2=O.Cl. The highest BCUT2D eigenvalue weighted by molar-refractivity contribution is 6.03. The summed E-state index contributed by atoms with van der Waals surface area (Å²) in [6.07, 6.45) is -0.0366. The van der Waals surface area contributed by atoms with Gasteiger partial charge in [0.1, 0.15) is 5.75 Å². The van der Waals surface area contributed by atoms with Crippen molar-refractivity contribution in [3.63, 3.8) is 0 Å². The van der Waals surface area contributed by atoms with Crippen molar-refractivity contribution in [1.29, 1.82) is 0 Å². The minimum Gasteiger partial charge on any atom is -0.493 e. The van der Waals surface area contributed by atoms with Gasteiger partial charge >= 0.3 is 0 Å².